The Morgan fingerprint density at radius 3 is 2.06 bits per heavy atom. The van der Waals surface area contributed by atoms with Gasteiger partial charge in [-0.15, -0.1) is 0 Å². The van der Waals surface area contributed by atoms with Crippen molar-refractivity contribution in [2.45, 2.75) is 18.9 Å². The van der Waals surface area contributed by atoms with Crippen molar-refractivity contribution in [1.82, 2.24) is 0 Å². The average molecular weight is 219 g/mol. The second kappa shape index (κ2) is 4.33. The summed E-state index contributed by atoms with van der Waals surface area (Å²) in [7, 11) is 3.23. The van der Waals surface area contributed by atoms with Crippen LogP contribution < -0.4 is 9.47 Å². The molecule has 1 aromatic carbocycles. The zero-order valence-electron chi connectivity index (χ0n) is 9.30. The number of nitrogens with zero attached hydrogens (tertiary/aromatic N) is 3. The highest BCUT2D eigenvalue weighted by Crippen LogP contribution is 2.35. The molecule has 2 rings (SSSR count). The van der Waals surface area contributed by atoms with E-state index in [4.69, 9.17) is 15.0 Å². The third-order valence-electron chi connectivity index (χ3n) is 2.83. The summed E-state index contributed by atoms with van der Waals surface area (Å²) < 4.78 is 10.5. The first-order valence-corrected chi connectivity index (χ1v) is 5.06. The van der Waals surface area contributed by atoms with Gasteiger partial charge in [0.25, 0.3) is 0 Å². The van der Waals surface area contributed by atoms with Gasteiger partial charge in [-0.25, -0.2) is 0 Å². The van der Waals surface area contributed by atoms with E-state index in [2.05, 4.69) is 10.0 Å². The van der Waals surface area contributed by atoms with Crippen molar-refractivity contribution < 1.29 is 9.47 Å². The van der Waals surface area contributed by atoms with Gasteiger partial charge in [0.15, 0.2) is 11.5 Å². The Kier molecular flexibility index (Phi) is 2.88. The summed E-state index contributed by atoms with van der Waals surface area (Å²) in [6.45, 7) is 0. The Morgan fingerprint density at radius 1 is 1.19 bits per heavy atom. The van der Waals surface area contributed by atoms with Crippen molar-refractivity contribution in [3.8, 4) is 11.5 Å². The number of fused-ring (bicyclic) bond motifs is 1. The maximum atomic E-state index is 8.42. The van der Waals surface area contributed by atoms with Crippen molar-refractivity contribution in [2.75, 3.05) is 14.2 Å². The highest BCUT2D eigenvalue weighted by molar-refractivity contribution is 5.49. The lowest BCUT2D eigenvalue weighted by Crippen LogP contribution is -2.00. The summed E-state index contributed by atoms with van der Waals surface area (Å²) >= 11 is 0. The molecule has 0 saturated carbocycles. The van der Waals surface area contributed by atoms with Crippen LogP contribution in [0.1, 0.15) is 11.1 Å². The van der Waals surface area contributed by atoms with Crippen LogP contribution in [0.2, 0.25) is 0 Å². The fourth-order valence-corrected chi connectivity index (χ4v) is 2.08. The van der Waals surface area contributed by atoms with Crippen molar-refractivity contribution >= 4 is 0 Å². The van der Waals surface area contributed by atoms with Gasteiger partial charge in [0.05, 0.1) is 14.2 Å². The van der Waals surface area contributed by atoms with Crippen molar-refractivity contribution in [3.05, 3.63) is 33.7 Å². The predicted molar refractivity (Wildman–Crippen MR) is 59.9 cm³/mol. The highest BCUT2D eigenvalue weighted by atomic mass is 16.5. The summed E-state index contributed by atoms with van der Waals surface area (Å²) in [5, 5.41) is 3.75. The zero-order chi connectivity index (χ0) is 11.5. The molecule has 0 heterocycles. The molecular weight excluding hydrogens is 206 g/mol. The summed E-state index contributed by atoms with van der Waals surface area (Å²) in [5.41, 5.74) is 10.8. The maximum absolute atomic E-state index is 8.42. The molecule has 0 aliphatic heterocycles. The molecule has 0 unspecified atom stereocenters. The second-order valence-corrected chi connectivity index (χ2v) is 3.74. The molecule has 0 aromatic heterocycles. The van der Waals surface area contributed by atoms with Crippen LogP contribution in [0.5, 0.6) is 11.5 Å². The maximum Gasteiger partial charge on any atom is 0.161 e. The smallest absolute Gasteiger partial charge is 0.161 e. The quantitative estimate of drug-likeness (QED) is 0.445. The van der Waals surface area contributed by atoms with Gasteiger partial charge in [0.1, 0.15) is 0 Å². The van der Waals surface area contributed by atoms with Crippen LogP contribution in [0.3, 0.4) is 0 Å². The molecule has 0 N–H and O–H groups in total. The van der Waals surface area contributed by atoms with Crippen LogP contribution in [-0.2, 0) is 12.8 Å². The molecular formula is C11H13N3O2. The zero-order valence-corrected chi connectivity index (χ0v) is 9.30. The molecule has 0 amide bonds. The lowest BCUT2D eigenvalue weighted by Gasteiger charge is -2.09. The van der Waals surface area contributed by atoms with Gasteiger partial charge >= 0.3 is 0 Å². The average Bonchev–Trinajstić information content (AvgIpc) is 2.68. The largest absolute Gasteiger partial charge is 0.493 e. The number of ether oxygens (including phenoxy) is 2. The Bertz CT molecular complexity index is 420. The molecule has 1 aliphatic carbocycles. The molecule has 0 spiro atoms. The number of hydrogen-bond donors (Lipinski definition) is 0. The normalized spacial score (nSPS) is 14.1. The van der Waals surface area contributed by atoms with Crippen LogP contribution >= 0.6 is 0 Å². The predicted octanol–water partition coefficient (Wildman–Crippen LogP) is 2.48. The summed E-state index contributed by atoms with van der Waals surface area (Å²) in [6, 6.07) is 3.94. The molecule has 0 bridgehead atoms. The third kappa shape index (κ3) is 1.77. The van der Waals surface area contributed by atoms with E-state index in [-0.39, 0.29) is 6.04 Å². The van der Waals surface area contributed by atoms with Crippen LogP contribution in [0.25, 0.3) is 10.4 Å². The monoisotopic (exact) mass is 219 g/mol. The van der Waals surface area contributed by atoms with E-state index in [0.717, 1.165) is 24.3 Å². The Labute approximate surface area is 93.6 Å². The molecule has 16 heavy (non-hydrogen) atoms. The molecule has 84 valence electrons. The van der Waals surface area contributed by atoms with E-state index in [9.17, 15) is 0 Å². The number of benzene rings is 1. The minimum atomic E-state index is 0.0248. The van der Waals surface area contributed by atoms with E-state index in [1.54, 1.807) is 14.2 Å². The van der Waals surface area contributed by atoms with Crippen molar-refractivity contribution in [1.29, 1.82) is 0 Å². The number of hydrogen-bond acceptors (Lipinski definition) is 3. The van der Waals surface area contributed by atoms with Crippen LogP contribution in [0.15, 0.2) is 17.2 Å². The second-order valence-electron chi connectivity index (χ2n) is 3.74. The van der Waals surface area contributed by atoms with Gasteiger partial charge in [-0.3, -0.25) is 0 Å². The van der Waals surface area contributed by atoms with Crippen LogP contribution in [0, 0.1) is 0 Å². The van der Waals surface area contributed by atoms with Gasteiger partial charge in [-0.1, -0.05) is 5.11 Å². The minimum Gasteiger partial charge on any atom is -0.493 e. The van der Waals surface area contributed by atoms with Gasteiger partial charge < -0.3 is 9.47 Å². The Balaban J connectivity index is 2.35. The molecule has 5 heteroatoms. The van der Waals surface area contributed by atoms with Gasteiger partial charge in [0.2, 0.25) is 0 Å². The summed E-state index contributed by atoms with van der Waals surface area (Å²) in [4.78, 5) is 2.85. The summed E-state index contributed by atoms with van der Waals surface area (Å²) in [5.74, 6) is 1.45. The lowest BCUT2D eigenvalue weighted by atomic mass is 10.1. The lowest BCUT2D eigenvalue weighted by molar-refractivity contribution is 0.354. The van der Waals surface area contributed by atoms with E-state index < -0.39 is 0 Å². The van der Waals surface area contributed by atoms with Gasteiger partial charge in [-0.05, 0) is 41.6 Å². The first-order chi connectivity index (χ1) is 7.78. The number of rotatable bonds is 3. The first kappa shape index (κ1) is 10.6. The molecule has 0 saturated heterocycles. The SMILES string of the molecule is COc1cc2c(cc1OC)CC(N=[N+]=[N-])C2. The molecule has 0 atom stereocenters. The van der Waals surface area contributed by atoms with Crippen LogP contribution in [-0.4, -0.2) is 20.3 Å². The van der Waals surface area contributed by atoms with E-state index in [0.29, 0.717) is 0 Å². The van der Waals surface area contributed by atoms with E-state index >= 15 is 0 Å². The number of azide groups is 1. The molecule has 1 aromatic rings. The van der Waals surface area contributed by atoms with Crippen molar-refractivity contribution in [2.24, 2.45) is 5.11 Å². The highest BCUT2D eigenvalue weighted by Gasteiger charge is 2.22. The molecule has 0 radical (unpaired) electrons. The van der Waals surface area contributed by atoms with E-state index in [1.807, 2.05) is 12.1 Å². The van der Waals surface area contributed by atoms with E-state index in [1.165, 1.54) is 11.1 Å². The number of methoxy groups -OCH3 is 2. The first-order valence-electron chi connectivity index (χ1n) is 5.06. The molecule has 1 aliphatic rings. The topological polar surface area (TPSA) is 67.2 Å². The summed E-state index contributed by atoms with van der Waals surface area (Å²) in [6.07, 6.45) is 1.56. The van der Waals surface area contributed by atoms with Gasteiger partial charge in [-0.2, -0.15) is 0 Å². The Morgan fingerprint density at radius 2 is 1.69 bits per heavy atom. The van der Waals surface area contributed by atoms with Crippen molar-refractivity contribution in [3.63, 3.8) is 0 Å². The van der Waals surface area contributed by atoms with Gasteiger partial charge in [0, 0.05) is 11.0 Å². The molecule has 5 nitrogen and oxygen atoms in total. The molecule has 0 fully saturated rings. The standard InChI is InChI=1S/C11H13N3O2/c1-15-10-5-7-3-9(13-14-12)4-8(7)6-11(10)16-2/h5-6,9H,3-4H2,1-2H3. The Hall–Kier alpha value is -1.87. The fourth-order valence-electron chi connectivity index (χ4n) is 2.08. The fraction of sp³-hybridized carbons (Fsp3) is 0.455. The van der Waals surface area contributed by atoms with Crippen LogP contribution in [0.4, 0.5) is 0 Å². The third-order valence-corrected chi connectivity index (χ3v) is 2.83. The minimum absolute atomic E-state index is 0.0248.